The topological polar surface area (TPSA) is 0 Å². The molecule has 0 aromatic carbocycles. The zero-order valence-electron chi connectivity index (χ0n) is 10.2. The third-order valence-corrected chi connectivity index (χ3v) is 3.26. The van der Waals surface area contributed by atoms with Crippen LogP contribution in [0, 0.1) is 11.8 Å². The van der Waals surface area contributed by atoms with Gasteiger partial charge in [-0.05, 0) is 50.4 Å². The van der Waals surface area contributed by atoms with Gasteiger partial charge in [0.25, 0.3) is 0 Å². The summed E-state index contributed by atoms with van der Waals surface area (Å²) in [6, 6.07) is 0. The largest absolute Gasteiger partial charge is 0.0853 e. The molecule has 0 spiro atoms. The minimum Gasteiger partial charge on any atom is -0.0853 e. The van der Waals surface area contributed by atoms with Gasteiger partial charge in [-0.25, -0.2) is 0 Å². The summed E-state index contributed by atoms with van der Waals surface area (Å²) in [7, 11) is 0. The Morgan fingerprint density at radius 2 is 2.14 bits per heavy atom. The fourth-order valence-electron chi connectivity index (χ4n) is 2.61. The van der Waals surface area contributed by atoms with Crippen LogP contribution < -0.4 is 0 Å². The van der Waals surface area contributed by atoms with Crippen LogP contribution in [-0.2, 0) is 0 Å². The van der Waals surface area contributed by atoms with Crippen molar-refractivity contribution in [1.29, 1.82) is 0 Å². The Balaban J connectivity index is 2.31. The predicted octanol–water partition coefficient (Wildman–Crippen LogP) is 4.95. The second-order valence-electron chi connectivity index (χ2n) is 5.22. The molecule has 0 amide bonds. The summed E-state index contributed by atoms with van der Waals surface area (Å²) in [6.45, 7) is 6.99. The summed E-state index contributed by atoms with van der Waals surface area (Å²) in [5.74, 6) is 1.88. The quantitative estimate of drug-likeness (QED) is 0.555. The van der Waals surface area contributed by atoms with Crippen molar-refractivity contribution < 1.29 is 0 Å². The molecule has 0 saturated heterocycles. The Morgan fingerprint density at radius 3 is 2.79 bits per heavy atom. The van der Waals surface area contributed by atoms with E-state index in [1.807, 2.05) is 0 Å². The smallest absolute Gasteiger partial charge is 0.0318 e. The van der Waals surface area contributed by atoms with Gasteiger partial charge in [-0.15, -0.1) is 0 Å². The average Bonchev–Trinajstić information content (AvgIpc) is 2.31. The molecule has 0 aliphatic heterocycles. The zero-order valence-corrected chi connectivity index (χ0v) is 10.2. The van der Waals surface area contributed by atoms with Crippen LogP contribution in [-0.4, -0.2) is 0 Å². The van der Waals surface area contributed by atoms with Gasteiger partial charge in [0, 0.05) is 0 Å². The van der Waals surface area contributed by atoms with Crippen molar-refractivity contribution in [2.45, 2.75) is 65.7 Å². The zero-order chi connectivity index (χ0) is 10.4. The molecule has 0 heteroatoms. The van der Waals surface area contributed by atoms with Crippen molar-refractivity contribution in [2.75, 3.05) is 0 Å². The van der Waals surface area contributed by atoms with Gasteiger partial charge < -0.3 is 0 Å². The van der Waals surface area contributed by atoms with Crippen LogP contribution in [0.2, 0.25) is 0 Å². The van der Waals surface area contributed by atoms with Gasteiger partial charge >= 0.3 is 0 Å². The minimum atomic E-state index is 0.882. The molecule has 0 fully saturated rings. The van der Waals surface area contributed by atoms with E-state index in [2.05, 4.69) is 26.8 Å². The van der Waals surface area contributed by atoms with Gasteiger partial charge in [0.15, 0.2) is 0 Å². The summed E-state index contributed by atoms with van der Waals surface area (Å²) in [4.78, 5) is 0. The first-order valence-corrected chi connectivity index (χ1v) is 6.40. The van der Waals surface area contributed by atoms with Crippen LogP contribution in [0.5, 0.6) is 0 Å². The van der Waals surface area contributed by atoms with Crippen molar-refractivity contribution in [3.8, 4) is 0 Å². The maximum Gasteiger partial charge on any atom is -0.0318 e. The maximum atomic E-state index is 2.52. The Hall–Kier alpha value is -0.260. The Morgan fingerprint density at radius 1 is 1.36 bits per heavy atom. The van der Waals surface area contributed by atoms with Crippen molar-refractivity contribution in [3.05, 3.63) is 11.6 Å². The van der Waals surface area contributed by atoms with Gasteiger partial charge in [-0.2, -0.15) is 0 Å². The van der Waals surface area contributed by atoms with Gasteiger partial charge in [-0.1, -0.05) is 38.8 Å². The van der Waals surface area contributed by atoms with Crippen molar-refractivity contribution in [1.82, 2.24) is 0 Å². The number of hydrogen-bond acceptors (Lipinski definition) is 0. The fraction of sp³-hybridized carbons (Fsp3) is 0.857. The first-order chi connectivity index (χ1) is 6.72. The van der Waals surface area contributed by atoms with E-state index in [0.717, 1.165) is 11.8 Å². The lowest BCUT2D eigenvalue weighted by Gasteiger charge is -2.16. The highest BCUT2D eigenvalue weighted by Gasteiger charge is 2.13. The third-order valence-electron chi connectivity index (χ3n) is 3.26. The van der Waals surface area contributed by atoms with Gasteiger partial charge in [-0.3, -0.25) is 0 Å². The SMILES string of the molecule is CCCC1=CCCC(CC(C)C)CC1. The van der Waals surface area contributed by atoms with Crippen LogP contribution >= 0.6 is 0 Å². The molecule has 14 heavy (non-hydrogen) atoms. The average molecular weight is 194 g/mol. The Bertz CT molecular complexity index is 176. The number of rotatable bonds is 4. The van der Waals surface area contributed by atoms with E-state index in [0.29, 0.717) is 0 Å². The van der Waals surface area contributed by atoms with Gasteiger partial charge in [0.1, 0.15) is 0 Å². The van der Waals surface area contributed by atoms with Crippen molar-refractivity contribution >= 4 is 0 Å². The summed E-state index contributed by atoms with van der Waals surface area (Å²) in [6.07, 6.45) is 12.2. The van der Waals surface area contributed by atoms with Gasteiger partial charge in [0.05, 0.1) is 0 Å². The van der Waals surface area contributed by atoms with E-state index in [1.165, 1.54) is 44.9 Å². The molecule has 1 aliphatic rings. The summed E-state index contributed by atoms with van der Waals surface area (Å²) < 4.78 is 0. The van der Waals surface area contributed by atoms with Crippen molar-refractivity contribution in [2.24, 2.45) is 11.8 Å². The number of allylic oxidation sites excluding steroid dienone is 2. The van der Waals surface area contributed by atoms with E-state index < -0.39 is 0 Å². The molecule has 0 radical (unpaired) electrons. The highest BCUT2D eigenvalue weighted by molar-refractivity contribution is 5.04. The van der Waals surface area contributed by atoms with Crippen molar-refractivity contribution in [3.63, 3.8) is 0 Å². The second kappa shape index (κ2) is 6.27. The molecular weight excluding hydrogens is 168 g/mol. The fourth-order valence-corrected chi connectivity index (χ4v) is 2.61. The molecule has 0 heterocycles. The van der Waals surface area contributed by atoms with E-state index >= 15 is 0 Å². The van der Waals surface area contributed by atoms with E-state index in [-0.39, 0.29) is 0 Å². The molecule has 0 N–H and O–H groups in total. The molecule has 0 bridgehead atoms. The van der Waals surface area contributed by atoms with Crippen LogP contribution in [0.4, 0.5) is 0 Å². The Labute approximate surface area is 89.8 Å². The summed E-state index contributed by atoms with van der Waals surface area (Å²) in [5.41, 5.74) is 1.73. The predicted molar refractivity (Wildman–Crippen MR) is 64.4 cm³/mol. The third kappa shape index (κ3) is 4.30. The van der Waals surface area contributed by atoms with Crippen LogP contribution in [0.25, 0.3) is 0 Å². The standard InChI is InChI=1S/C14H26/c1-4-6-13-7-5-8-14(10-9-13)11-12(2)3/h7,12,14H,4-6,8-11H2,1-3H3. The lowest BCUT2D eigenvalue weighted by Crippen LogP contribution is -2.03. The molecule has 82 valence electrons. The molecule has 1 rings (SSSR count). The molecule has 0 aromatic rings. The van der Waals surface area contributed by atoms with E-state index in [9.17, 15) is 0 Å². The highest BCUT2D eigenvalue weighted by atomic mass is 14.2. The highest BCUT2D eigenvalue weighted by Crippen LogP contribution is 2.29. The van der Waals surface area contributed by atoms with Gasteiger partial charge in [0.2, 0.25) is 0 Å². The second-order valence-corrected chi connectivity index (χ2v) is 5.22. The molecule has 0 nitrogen and oxygen atoms in total. The Kier molecular flexibility index (Phi) is 5.29. The lowest BCUT2D eigenvalue weighted by atomic mass is 9.90. The lowest BCUT2D eigenvalue weighted by molar-refractivity contribution is 0.372. The van der Waals surface area contributed by atoms with E-state index in [1.54, 1.807) is 5.57 Å². The molecule has 1 unspecified atom stereocenters. The normalized spacial score (nSPS) is 23.4. The van der Waals surface area contributed by atoms with Crippen LogP contribution in [0.1, 0.15) is 65.7 Å². The summed E-state index contributed by atoms with van der Waals surface area (Å²) >= 11 is 0. The first kappa shape index (κ1) is 11.8. The molecule has 0 saturated carbocycles. The summed E-state index contributed by atoms with van der Waals surface area (Å²) in [5, 5.41) is 0. The molecule has 1 aliphatic carbocycles. The maximum absolute atomic E-state index is 2.52. The van der Waals surface area contributed by atoms with Crippen LogP contribution in [0.15, 0.2) is 11.6 Å². The van der Waals surface area contributed by atoms with E-state index in [4.69, 9.17) is 0 Å². The number of hydrogen-bond donors (Lipinski definition) is 0. The first-order valence-electron chi connectivity index (χ1n) is 6.40. The minimum absolute atomic E-state index is 0.882. The molecule has 1 atom stereocenters. The monoisotopic (exact) mass is 194 g/mol. The molecule has 0 aromatic heterocycles. The molecular formula is C14H26. The van der Waals surface area contributed by atoms with Crippen LogP contribution in [0.3, 0.4) is 0 Å².